The average Bonchev–Trinajstić information content (AvgIpc) is 3.23. The van der Waals surface area contributed by atoms with E-state index in [1.165, 1.54) is 25.0 Å². The second-order valence-electron chi connectivity index (χ2n) is 4.92. The number of aliphatic hydroxyl groups excluding tert-OH is 1. The van der Waals surface area contributed by atoms with Crippen molar-refractivity contribution in [2.75, 3.05) is 20.1 Å². The van der Waals surface area contributed by atoms with Crippen molar-refractivity contribution in [2.24, 2.45) is 0 Å². The van der Waals surface area contributed by atoms with Gasteiger partial charge in [-0.15, -0.1) is 0 Å². The third-order valence-electron chi connectivity index (χ3n) is 3.32. The molecule has 0 atom stereocenters. The SMILES string of the molecule is CN(CCNS(=O)(=O)c1cccc(CO)c1)C1CC1. The summed E-state index contributed by atoms with van der Waals surface area (Å²) in [6, 6.07) is 6.98. The molecule has 2 rings (SSSR count). The molecule has 0 aliphatic heterocycles. The van der Waals surface area contributed by atoms with E-state index in [1.54, 1.807) is 12.1 Å². The van der Waals surface area contributed by atoms with Gasteiger partial charge in [0.2, 0.25) is 10.0 Å². The lowest BCUT2D eigenvalue weighted by molar-refractivity contribution is 0.281. The molecule has 1 saturated carbocycles. The molecule has 1 aliphatic rings. The van der Waals surface area contributed by atoms with Crippen LogP contribution in [0.25, 0.3) is 0 Å². The number of aliphatic hydroxyl groups is 1. The molecule has 1 aromatic carbocycles. The van der Waals surface area contributed by atoms with E-state index >= 15 is 0 Å². The lowest BCUT2D eigenvalue weighted by Gasteiger charge is -2.15. The maximum Gasteiger partial charge on any atom is 0.240 e. The Balaban J connectivity index is 1.93. The fourth-order valence-electron chi connectivity index (χ4n) is 1.95. The lowest BCUT2D eigenvalue weighted by atomic mass is 10.2. The van der Waals surface area contributed by atoms with Gasteiger partial charge in [0.15, 0.2) is 0 Å². The zero-order valence-electron chi connectivity index (χ0n) is 11.0. The van der Waals surface area contributed by atoms with Crippen LogP contribution in [0.4, 0.5) is 0 Å². The Labute approximate surface area is 114 Å². The lowest BCUT2D eigenvalue weighted by Crippen LogP contribution is -2.34. The number of nitrogens with one attached hydrogen (secondary N) is 1. The molecular weight excluding hydrogens is 264 g/mol. The summed E-state index contributed by atoms with van der Waals surface area (Å²) in [5, 5.41) is 9.02. The molecule has 6 heteroatoms. The largest absolute Gasteiger partial charge is 0.392 e. The number of nitrogens with zero attached hydrogens (tertiary/aromatic N) is 1. The summed E-state index contributed by atoms with van der Waals surface area (Å²) in [5.41, 5.74) is 0.595. The first-order valence-electron chi connectivity index (χ1n) is 6.42. The Morgan fingerprint density at radius 1 is 1.42 bits per heavy atom. The van der Waals surface area contributed by atoms with Crippen LogP contribution in [-0.2, 0) is 16.6 Å². The predicted octanol–water partition coefficient (Wildman–Crippen LogP) is 0.551. The van der Waals surface area contributed by atoms with Gasteiger partial charge in [-0.25, -0.2) is 13.1 Å². The minimum atomic E-state index is -3.48. The minimum Gasteiger partial charge on any atom is -0.392 e. The summed E-state index contributed by atoms with van der Waals surface area (Å²) in [4.78, 5) is 2.38. The van der Waals surface area contributed by atoms with Gasteiger partial charge in [0.1, 0.15) is 0 Å². The van der Waals surface area contributed by atoms with Gasteiger partial charge in [0, 0.05) is 19.1 Å². The van der Waals surface area contributed by atoms with E-state index in [1.807, 2.05) is 7.05 Å². The fraction of sp³-hybridized carbons (Fsp3) is 0.538. The number of likely N-dealkylation sites (N-methyl/N-ethyl adjacent to an activating group) is 1. The third-order valence-corrected chi connectivity index (χ3v) is 4.78. The Bertz CT molecular complexity index is 526. The van der Waals surface area contributed by atoms with Crippen LogP contribution in [0.2, 0.25) is 0 Å². The van der Waals surface area contributed by atoms with Crippen molar-refractivity contribution in [3.8, 4) is 0 Å². The van der Waals surface area contributed by atoms with E-state index in [4.69, 9.17) is 5.11 Å². The molecular formula is C13H20N2O3S. The van der Waals surface area contributed by atoms with Crippen LogP contribution in [0.5, 0.6) is 0 Å². The zero-order valence-corrected chi connectivity index (χ0v) is 11.9. The van der Waals surface area contributed by atoms with Crippen LogP contribution in [-0.4, -0.2) is 44.6 Å². The molecule has 0 amide bonds. The maximum absolute atomic E-state index is 12.1. The van der Waals surface area contributed by atoms with Gasteiger partial charge >= 0.3 is 0 Å². The van der Waals surface area contributed by atoms with Crippen LogP contribution in [0, 0.1) is 0 Å². The monoisotopic (exact) mass is 284 g/mol. The summed E-state index contributed by atoms with van der Waals surface area (Å²) >= 11 is 0. The molecule has 0 radical (unpaired) electrons. The third kappa shape index (κ3) is 4.01. The van der Waals surface area contributed by atoms with Crippen molar-refractivity contribution in [3.05, 3.63) is 29.8 Å². The molecule has 1 aliphatic carbocycles. The topological polar surface area (TPSA) is 69.6 Å². The van der Waals surface area contributed by atoms with Crippen LogP contribution in [0.1, 0.15) is 18.4 Å². The normalized spacial score (nSPS) is 15.9. The van der Waals surface area contributed by atoms with Crippen LogP contribution in [0.3, 0.4) is 0 Å². The molecule has 0 spiro atoms. The smallest absolute Gasteiger partial charge is 0.240 e. The van der Waals surface area contributed by atoms with Crippen molar-refractivity contribution in [2.45, 2.75) is 30.4 Å². The highest BCUT2D eigenvalue weighted by atomic mass is 32.2. The molecule has 0 saturated heterocycles. The summed E-state index contributed by atoms with van der Waals surface area (Å²) in [6.07, 6.45) is 2.42. The Morgan fingerprint density at radius 3 is 2.79 bits per heavy atom. The van der Waals surface area contributed by atoms with Crippen LogP contribution in [0.15, 0.2) is 29.2 Å². The Kier molecular flexibility index (Phi) is 4.57. The summed E-state index contributed by atoms with van der Waals surface area (Å²) < 4.78 is 26.7. The molecule has 2 N–H and O–H groups in total. The molecule has 0 heterocycles. The van der Waals surface area contributed by atoms with Crippen molar-refractivity contribution in [1.82, 2.24) is 9.62 Å². The minimum absolute atomic E-state index is 0.159. The molecule has 0 aromatic heterocycles. The number of benzene rings is 1. The second kappa shape index (κ2) is 6.00. The quantitative estimate of drug-likeness (QED) is 0.767. The van der Waals surface area contributed by atoms with E-state index in [-0.39, 0.29) is 11.5 Å². The first kappa shape index (κ1) is 14.5. The standard InChI is InChI=1S/C13H20N2O3S/c1-15(12-5-6-12)8-7-14-19(17,18)13-4-2-3-11(9-13)10-16/h2-4,9,12,14,16H,5-8,10H2,1H3. The first-order chi connectivity index (χ1) is 9.03. The highest BCUT2D eigenvalue weighted by Gasteiger charge is 2.25. The number of sulfonamides is 1. The van der Waals surface area contributed by atoms with E-state index in [0.29, 0.717) is 24.7 Å². The fourth-order valence-corrected chi connectivity index (χ4v) is 3.04. The van der Waals surface area contributed by atoms with Crippen molar-refractivity contribution in [3.63, 3.8) is 0 Å². The molecule has 19 heavy (non-hydrogen) atoms. The van der Waals surface area contributed by atoms with Crippen molar-refractivity contribution in [1.29, 1.82) is 0 Å². The predicted molar refractivity (Wildman–Crippen MR) is 73.2 cm³/mol. The molecule has 1 aromatic rings. The van der Waals surface area contributed by atoms with Gasteiger partial charge in [0.25, 0.3) is 0 Å². The summed E-state index contributed by atoms with van der Waals surface area (Å²) in [7, 11) is -1.47. The van der Waals surface area contributed by atoms with Crippen molar-refractivity contribution >= 4 is 10.0 Å². The van der Waals surface area contributed by atoms with Gasteiger partial charge in [-0.3, -0.25) is 0 Å². The number of hydrogen-bond donors (Lipinski definition) is 2. The van der Waals surface area contributed by atoms with E-state index < -0.39 is 10.0 Å². The molecule has 5 nitrogen and oxygen atoms in total. The number of rotatable bonds is 7. The molecule has 0 bridgehead atoms. The summed E-state index contributed by atoms with van der Waals surface area (Å²) in [6.45, 7) is 0.954. The molecule has 106 valence electrons. The number of hydrogen-bond acceptors (Lipinski definition) is 4. The van der Waals surface area contributed by atoms with E-state index in [0.717, 1.165) is 0 Å². The molecule has 1 fully saturated rings. The average molecular weight is 284 g/mol. The van der Waals surface area contributed by atoms with Gasteiger partial charge in [-0.1, -0.05) is 12.1 Å². The second-order valence-corrected chi connectivity index (χ2v) is 6.68. The highest BCUT2D eigenvalue weighted by Crippen LogP contribution is 2.24. The van der Waals surface area contributed by atoms with Gasteiger partial charge in [-0.2, -0.15) is 0 Å². The highest BCUT2D eigenvalue weighted by molar-refractivity contribution is 7.89. The Hall–Kier alpha value is -0.950. The Morgan fingerprint density at radius 2 is 2.16 bits per heavy atom. The zero-order chi connectivity index (χ0) is 13.9. The first-order valence-corrected chi connectivity index (χ1v) is 7.91. The molecule has 0 unspecified atom stereocenters. The van der Waals surface area contributed by atoms with E-state index in [2.05, 4.69) is 9.62 Å². The maximum atomic E-state index is 12.1. The van der Waals surface area contributed by atoms with Crippen LogP contribution < -0.4 is 4.72 Å². The summed E-state index contributed by atoms with van der Waals surface area (Å²) in [5.74, 6) is 0. The van der Waals surface area contributed by atoms with Gasteiger partial charge < -0.3 is 10.0 Å². The van der Waals surface area contributed by atoms with E-state index in [9.17, 15) is 8.42 Å². The van der Waals surface area contributed by atoms with Gasteiger partial charge in [-0.05, 0) is 37.6 Å². The van der Waals surface area contributed by atoms with Gasteiger partial charge in [0.05, 0.1) is 11.5 Å². The van der Waals surface area contributed by atoms with Crippen molar-refractivity contribution < 1.29 is 13.5 Å². The van der Waals surface area contributed by atoms with Crippen LogP contribution >= 0.6 is 0 Å².